The van der Waals surface area contributed by atoms with Crippen LogP contribution in [0, 0.1) is 5.92 Å². The van der Waals surface area contributed by atoms with Crippen LogP contribution in [-0.4, -0.2) is 73.3 Å². The standard InChI is InChI=1S/C30H44N4O6S/c1-5-6-17-34(30(37)31-28(29(35)36)20-22(2)3)25-15-18-33(19-16-25)21-23-7-11-26(12-8-23)40-27-13-9-24(10-14-27)32-41(4,38)39/h7-14,22,25,28,32H,5-6,15-21H2,1-4H3,(H,31,37)(H,35,36). The number of hydrogen-bond donors (Lipinski definition) is 3. The number of carboxylic acids is 1. The molecular weight excluding hydrogens is 544 g/mol. The molecule has 1 unspecified atom stereocenters. The second-order valence-corrected chi connectivity index (χ2v) is 12.9. The number of nitrogens with one attached hydrogen (secondary N) is 2. The Labute approximate surface area is 244 Å². The number of unbranched alkanes of at least 4 members (excludes halogenated alkanes) is 1. The number of carbonyl (C=O) groups excluding carboxylic acids is 1. The Hall–Kier alpha value is -3.31. The van der Waals surface area contributed by atoms with E-state index in [4.69, 9.17) is 4.74 Å². The lowest BCUT2D eigenvalue weighted by atomic mass is 10.0. The van der Waals surface area contributed by atoms with Crippen molar-refractivity contribution in [2.75, 3.05) is 30.6 Å². The van der Waals surface area contributed by atoms with Crippen molar-refractivity contribution in [1.82, 2.24) is 15.1 Å². The summed E-state index contributed by atoms with van der Waals surface area (Å²) in [7, 11) is -3.33. The number of carbonyl (C=O) groups is 2. The van der Waals surface area contributed by atoms with Crippen molar-refractivity contribution in [2.24, 2.45) is 5.92 Å². The monoisotopic (exact) mass is 588 g/mol. The van der Waals surface area contributed by atoms with Crippen LogP contribution in [0.1, 0.15) is 58.4 Å². The number of nitrogens with zero attached hydrogens (tertiary/aromatic N) is 2. The number of likely N-dealkylation sites (tertiary alicyclic amines) is 1. The molecular formula is C30H44N4O6S. The van der Waals surface area contributed by atoms with E-state index >= 15 is 0 Å². The number of carboxylic acid groups (broad SMARTS) is 1. The van der Waals surface area contributed by atoms with E-state index in [1.54, 1.807) is 24.3 Å². The largest absolute Gasteiger partial charge is 0.480 e. The number of benzene rings is 2. The highest BCUT2D eigenvalue weighted by Gasteiger charge is 2.30. The van der Waals surface area contributed by atoms with E-state index in [0.717, 1.165) is 57.1 Å². The molecule has 1 atom stereocenters. The molecule has 10 nitrogen and oxygen atoms in total. The van der Waals surface area contributed by atoms with Crippen LogP contribution in [0.5, 0.6) is 11.5 Å². The lowest BCUT2D eigenvalue weighted by Gasteiger charge is -2.39. The topological polar surface area (TPSA) is 128 Å². The Morgan fingerprint density at radius 2 is 1.63 bits per heavy atom. The van der Waals surface area contributed by atoms with Crippen LogP contribution in [0.2, 0.25) is 0 Å². The molecule has 1 saturated heterocycles. The van der Waals surface area contributed by atoms with Gasteiger partial charge in [-0.15, -0.1) is 0 Å². The van der Waals surface area contributed by atoms with Gasteiger partial charge in [-0.2, -0.15) is 0 Å². The Bertz CT molecular complexity index is 1230. The molecule has 0 radical (unpaired) electrons. The molecule has 0 bridgehead atoms. The van der Waals surface area contributed by atoms with Gasteiger partial charge >= 0.3 is 12.0 Å². The summed E-state index contributed by atoms with van der Waals surface area (Å²) in [5.74, 6) is 0.469. The first-order valence-electron chi connectivity index (χ1n) is 14.3. The summed E-state index contributed by atoms with van der Waals surface area (Å²) < 4.78 is 31.1. The van der Waals surface area contributed by atoms with Gasteiger partial charge in [0.2, 0.25) is 10.0 Å². The van der Waals surface area contributed by atoms with Crippen molar-refractivity contribution < 1.29 is 27.9 Å². The number of ether oxygens (including phenoxy) is 1. The van der Waals surface area contributed by atoms with Crippen molar-refractivity contribution >= 4 is 27.7 Å². The molecule has 1 aliphatic rings. The van der Waals surface area contributed by atoms with Gasteiger partial charge in [0.25, 0.3) is 0 Å². The average Bonchev–Trinajstić information content (AvgIpc) is 2.90. The lowest BCUT2D eigenvalue weighted by Crippen LogP contribution is -2.54. The highest BCUT2D eigenvalue weighted by atomic mass is 32.2. The number of piperidine rings is 1. The molecule has 3 N–H and O–H groups in total. The van der Waals surface area contributed by atoms with Gasteiger partial charge in [0, 0.05) is 37.9 Å². The molecule has 1 fully saturated rings. The minimum atomic E-state index is -3.33. The van der Waals surface area contributed by atoms with E-state index in [9.17, 15) is 23.1 Å². The summed E-state index contributed by atoms with van der Waals surface area (Å²) in [5, 5.41) is 12.4. The van der Waals surface area contributed by atoms with Crippen molar-refractivity contribution in [3.8, 4) is 11.5 Å². The van der Waals surface area contributed by atoms with Gasteiger partial charge in [-0.3, -0.25) is 9.62 Å². The number of aliphatic carboxylic acids is 1. The third-order valence-corrected chi connectivity index (χ3v) is 7.64. The zero-order valence-electron chi connectivity index (χ0n) is 24.5. The molecule has 0 aliphatic carbocycles. The number of anilines is 1. The molecule has 2 amide bonds. The highest BCUT2D eigenvalue weighted by molar-refractivity contribution is 7.92. The highest BCUT2D eigenvalue weighted by Crippen LogP contribution is 2.25. The SMILES string of the molecule is CCCCN(C(=O)NC(CC(C)C)C(=O)O)C1CCN(Cc2ccc(Oc3ccc(NS(C)(=O)=O)cc3)cc2)CC1. The van der Waals surface area contributed by atoms with Gasteiger partial charge in [0.15, 0.2) is 0 Å². The fraction of sp³-hybridized carbons (Fsp3) is 0.533. The molecule has 11 heteroatoms. The predicted octanol–water partition coefficient (Wildman–Crippen LogP) is 5.13. The molecule has 0 aromatic heterocycles. The summed E-state index contributed by atoms with van der Waals surface area (Å²) in [6, 6.07) is 13.5. The van der Waals surface area contributed by atoms with E-state index < -0.39 is 22.0 Å². The normalized spacial score (nSPS) is 15.3. The third-order valence-electron chi connectivity index (χ3n) is 7.04. The zero-order valence-corrected chi connectivity index (χ0v) is 25.3. The third kappa shape index (κ3) is 10.9. The maximum absolute atomic E-state index is 13.2. The van der Waals surface area contributed by atoms with Crippen LogP contribution in [0.15, 0.2) is 48.5 Å². The minimum Gasteiger partial charge on any atom is -0.480 e. The van der Waals surface area contributed by atoms with Crippen molar-refractivity contribution in [2.45, 2.75) is 71.5 Å². The predicted molar refractivity (Wildman–Crippen MR) is 161 cm³/mol. The Balaban J connectivity index is 1.52. The maximum Gasteiger partial charge on any atom is 0.326 e. The van der Waals surface area contributed by atoms with Crippen LogP contribution in [0.3, 0.4) is 0 Å². The van der Waals surface area contributed by atoms with Crippen molar-refractivity contribution in [1.29, 1.82) is 0 Å². The molecule has 1 aliphatic heterocycles. The Morgan fingerprint density at radius 3 is 2.15 bits per heavy atom. The molecule has 2 aromatic rings. The van der Waals surface area contributed by atoms with Crippen LogP contribution >= 0.6 is 0 Å². The first-order valence-corrected chi connectivity index (χ1v) is 16.2. The minimum absolute atomic E-state index is 0.0843. The molecule has 41 heavy (non-hydrogen) atoms. The summed E-state index contributed by atoms with van der Waals surface area (Å²) in [5.41, 5.74) is 1.63. The summed E-state index contributed by atoms with van der Waals surface area (Å²) in [4.78, 5) is 29.1. The van der Waals surface area contributed by atoms with Gasteiger partial charge in [0.1, 0.15) is 17.5 Å². The first-order chi connectivity index (χ1) is 19.4. The summed E-state index contributed by atoms with van der Waals surface area (Å²) in [6.45, 7) is 9.10. The van der Waals surface area contributed by atoms with E-state index in [2.05, 4.69) is 21.9 Å². The smallest absolute Gasteiger partial charge is 0.326 e. The summed E-state index contributed by atoms with van der Waals surface area (Å²) >= 11 is 0. The van der Waals surface area contributed by atoms with E-state index in [1.165, 1.54) is 0 Å². The number of sulfonamides is 1. The van der Waals surface area contributed by atoms with Crippen LogP contribution in [0.4, 0.5) is 10.5 Å². The van der Waals surface area contributed by atoms with Gasteiger partial charge < -0.3 is 20.1 Å². The second-order valence-electron chi connectivity index (χ2n) is 11.2. The number of rotatable bonds is 14. The van der Waals surface area contributed by atoms with E-state index in [1.807, 2.05) is 43.0 Å². The molecule has 2 aromatic carbocycles. The zero-order chi connectivity index (χ0) is 30.0. The maximum atomic E-state index is 13.2. The lowest BCUT2D eigenvalue weighted by molar-refractivity contribution is -0.139. The van der Waals surface area contributed by atoms with Crippen LogP contribution in [-0.2, 0) is 21.4 Å². The molecule has 226 valence electrons. The molecule has 0 saturated carbocycles. The first kappa shape index (κ1) is 32.2. The fourth-order valence-corrected chi connectivity index (χ4v) is 5.52. The van der Waals surface area contributed by atoms with E-state index in [0.29, 0.717) is 30.2 Å². The fourth-order valence-electron chi connectivity index (χ4n) is 4.95. The molecule has 1 heterocycles. The Morgan fingerprint density at radius 1 is 1.05 bits per heavy atom. The Kier molecular flexibility index (Phi) is 11.8. The van der Waals surface area contributed by atoms with Crippen LogP contribution in [0.25, 0.3) is 0 Å². The quantitative estimate of drug-likeness (QED) is 0.279. The molecule has 3 rings (SSSR count). The van der Waals surface area contributed by atoms with Crippen LogP contribution < -0.4 is 14.8 Å². The van der Waals surface area contributed by atoms with E-state index in [-0.39, 0.29) is 18.0 Å². The van der Waals surface area contributed by atoms with Crippen molar-refractivity contribution in [3.63, 3.8) is 0 Å². The van der Waals surface area contributed by atoms with Gasteiger partial charge in [0.05, 0.1) is 6.26 Å². The van der Waals surface area contributed by atoms with Gasteiger partial charge in [-0.1, -0.05) is 39.3 Å². The second kappa shape index (κ2) is 15.1. The number of amides is 2. The molecule has 0 spiro atoms. The van der Waals surface area contributed by atoms with Gasteiger partial charge in [-0.25, -0.2) is 18.0 Å². The van der Waals surface area contributed by atoms with Crippen molar-refractivity contribution in [3.05, 3.63) is 54.1 Å². The number of hydrogen-bond acceptors (Lipinski definition) is 6. The average molecular weight is 589 g/mol. The van der Waals surface area contributed by atoms with Gasteiger partial charge in [-0.05, 0) is 73.6 Å². The summed E-state index contributed by atoms with van der Waals surface area (Å²) in [6.07, 6.45) is 5.03. The number of urea groups is 1.